The number of hydrogen-bond donors (Lipinski definition) is 3. The maximum atomic E-state index is 12.1. The van der Waals surface area contributed by atoms with Gasteiger partial charge in [0, 0.05) is 11.4 Å². The number of nitrogens with one attached hydrogen (secondary N) is 2. The molecule has 0 saturated heterocycles. The molecule has 4 N–H and O–H groups in total. The van der Waals surface area contributed by atoms with Gasteiger partial charge in [-0.2, -0.15) is 5.10 Å². The van der Waals surface area contributed by atoms with Crippen LogP contribution in [0.2, 0.25) is 0 Å². The fourth-order valence-electron chi connectivity index (χ4n) is 2.55. The van der Waals surface area contributed by atoms with Crippen molar-refractivity contribution in [1.82, 2.24) is 15.5 Å². The van der Waals surface area contributed by atoms with Gasteiger partial charge in [0.25, 0.3) is 5.91 Å². The lowest BCUT2D eigenvalue weighted by atomic mass is 10.1. The summed E-state index contributed by atoms with van der Waals surface area (Å²) in [5.41, 5.74) is 10.2. The van der Waals surface area contributed by atoms with Crippen molar-refractivity contribution in [3.8, 4) is 0 Å². The third-order valence-electron chi connectivity index (χ3n) is 3.49. The van der Waals surface area contributed by atoms with Crippen LogP contribution in [0.1, 0.15) is 39.8 Å². The molecule has 0 aliphatic heterocycles. The summed E-state index contributed by atoms with van der Waals surface area (Å²) in [5.74, 6) is -0.140. The normalized spacial score (nSPS) is 17.2. The largest absolute Gasteiger partial charge is 0.399 e. The predicted octanol–water partition coefficient (Wildman–Crippen LogP) is 1.72. The first-order valence-electron chi connectivity index (χ1n) is 6.34. The molecule has 1 unspecified atom stereocenters. The van der Waals surface area contributed by atoms with Crippen LogP contribution in [0.3, 0.4) is 0 Å². The molecule has 0 fully saturated rings. The van der Waals surface area contributed by atoms with Gasteiger partial charge in [0.2, 0.25) is 0 Å². The van der Waals surface area contributed by atoms with E-state index < -0.39 is 0 Å². The van der Waals surface area contributed by atoms with E-state index in [-0.39, 0.29) is 11.9 Å². The maximum Gasteiger partial charge on any atom is 0.272 e. The quantitative estimate of drug-likeness (QED) is 0.715. The third-order valence-corrected chi connectivity index (χ3v) is 3.49. The Morgan fingerprint density at radius 1 is 1.47 bits per heavy atom. The van der Waals surface area contributed by atoms with E-state index in [0.29, 0.717) is 5.69 Å². The van der Waals surface area contributed by atoms with Crippen LogP contribution < -0.4 is 11.1 Å². The molecule has 1 aliphatic carbocycles. The molecule has 1 aromatic heterocycles. The number of fused-ring (bicyclic) bond motifs is 1. The summed E-state index contributed by atoms with van der Waals surface area (Å²) < 4.78 is 0. The molecule has 5 heteroatoms. The topological polar surface area (TPSA) is 83.8 Å². The number of rotatable bonds is 2. The van der Waals surface area contributed by atoms with E-state index in [1.165, 1.54) is 5.56 Å². The second kappa shape index (κ2) is 4.42. The highest BCUT2D eigenvalue weighted by Crippen LogP contribution is 2.32. The van der Waals surface area contributed by atoms with Gasteiger partial charge in [-0.05, 0) is 49.1 Å². The molecular formula is C14H16N4O. The standard InChI is InChI=1S/C14H16N4O/c1-8-6-13(18-17-8)14(19)16-12-5-2-9-7-10(15)3-4-11(9)12/h3-4,6-7,12H,2,5,15H2,1H3,(H,16,19)(H,17,18). The molecule has 0 spiro atoms. The van der Waals surface area contributed by atoms with Crippen LogP contribution in [0.4, 0.5) is 5.69 Å². The van der Waals surface area contributed by atoms with Gasteiger partial charge in [-0.15, -0.1) is 0 Å². The Morgan fingerprint density at radius 2 is 2.32 bits per heavy atom. The molecule has 1 heterocycles. The Bertz CT molecular complexity index is 632. The number of carbonyl (C=O) groups is 1. The summed E-state index contributed by atoms with van der Waals surface area (Å²) in [5, 5.41) is 9.77. The van der Waals surface area contributed by atoms with Crippen molar-refractivity contribution in [3.05, 3.63) is 46.8 Å². The van der Waals surface area contributed by atoms with Crippen LogP contribution in [0.15, 0.2) is 24.3 Å². The Labute approximate surface area is 111 Å². The van der Waals surface area contributed by atoms with Gasteiger partial charge in [0.1, 0.15) is 5.69 Å². The number of benzene rings is 1. The molecule has 2 aromatic rings. The molecule has 0 radical (unpaired) electrons. The van der Waals surface area contributed by atoms with Crippen LogP contribution in [-0.2, 0) is 6.42 Å². The van der Waals surface area contributed by atoms with Crippen LogP contribution in [0.25, 0.3) is 0 Å². The molecule has 1 atom stereocenters. The van der Waals surface area contributed by atoms with Gasteiger partial charge in [0.05, 0.1) is 6.04 Å². The first-order valence-corrected chi connectivity index (χ1v) is 6.34. The number of aromatic nitrogens is 2. The van der Waals surface area contributed by atoms with Crippen molar-refractivity contribution in [2.75, 3.05) is 5.73 Å². The van der Waals surface area contributed by atoms with E-state index in [1.54, 1.807) is 6.07 Å². The second-order valence-electron chi connectivity index (χ2n) is 4.96. The molecule has 5 nitrogen and oxygen atoms in total. The van der Waals surface area contributed by atoms with Gasteiger partial charge in [-0.3, -0.25) is 9.89 Å². The summed E-state index contributed by atoms with van der Waals surface area (Å²) in [6, 6.07) is 7.66. The number of H-pyrrole nitrogens is 1. The van der Waals surface area contributed by atoms with Crippen LogP contribution in [0, 0.1) is 6.92 Å². The summed E-state index contributed by atoms with van der Waals surface area (Å²) >= 11 is 0. The minimum Gasteiger partial charge on any atom is -0.399 e. The first-order chi connectivity index (χ1) is 9.13. The number of hydrogen-bond acceptors (Lipinski definition) is 3. The molecule has 1 aromatic carbocycles. The van der Waals surface area contributed by atoms with E-state index in [9.17, 15) is 4.79 Å². The average molecular weight is 256 g/mol. The first kappa shape index (κ1) is 11.8. The Balaban J connectivity index is 1.78. The van der Waals surface area contributed by atoms with Gasteiger partial charge < -0.3 is 11.1 Å². The van der Waals surface area contributed by atoms with E-state index in [4.69, 9.17) is 5.73 Å². The van der Waals surface area contributed by atoms with Gasteiger partial charge >= 0.3 is 0 Å². The number of anilines is 1. The van der Waals surface area contributed by atoms with Crippen molar-refractivity contribution in [1.29, 1.82) is 0 Å². The second-order valence-corrected chi connectivity index (χ2v) is 4.96. The van der Waals surface area contributed by atoms with Crippen molar-refractivity contribution < 1.29 is 4.79 Å². The van der Waals surface area contributed by atoms with Crippen LogP contribution in [0.5, 0.6) is 0 Å². The third kappa shape index (κ3) is 2.19. The number of aryl methyl sites for hydroxylation is 2. The van der Waals surface area contributed by atoms with E-state index in [2.05, 4.69) is 15.5 Å². The lowest BCUT2D eigenvalue weighted by molar-refractivity contribution is 0.0931. The highest BCUT2D eigenvalue weighted by molar-refractivity contribution is 5.92. The highest BCUT2D eigenvalue weighted by atomic mass is 16.2. The number of nitrogen functional groups attached to an aromatic ring is 1. The minimum absolute atomic E-state index is 0.0557. The van der Waals surface area contributed by atoms with Crippen LogP contribution in [-0.4, -0.2) is 16.1 Å². The fraction of sp³-hybridized carbons (Fsp3) is 0.286. The van der Waals surface area contributed by atoms with Crippen molar-refractivity contribution in [2.24, 2.45) is 0 Å². The van der Waals surface area contributed by atoms with Crippen molar-refractivity contribution in [2.45, 2.75) is 25.8 Å². The molecule has 1 amide bonds. The molecule has 1 aliphatic rings. The molecule has 0 saturated carbocycles. The SMILES string of the molecule is Cc1cc(C(=O)NC2CCc3cc(N)ccc32)n[nH]1. The summed E-state index contributed by atoms with van der Waals surface area (Å²) in [6.07, 6.45) is 1.86. The zero-order valence-electron chi connectivity index (χ0n) is 10.7. The van der Waals surface area contributed by atoms with E-state index in [1.807, 2.05) is 25.1 Å². The number of aromatic amines is 1. The minimum atomic E-state index is -0.140. The highest BCUT2D eigenvalue weighted by Gasteiger charge is 2.24. The summed E-state index contributed by atoms with van der Waals surface area (Å²) in [7, 11) is 0. The van der Waals surface area contributed by atoms with Crippen LogP contribution >= 0.6 is 0 Å². The molecule has 3 rings (SSSR count). The monoisotopic (exact) mass is 256 g/mol. The van der Waals surface area contributed by atoms with Gasteiger partial charge in [-0.25, -0.2) is 0 Å². The number of amides is 1. The smallest absolute Gasteiger partial charge is 0.272 e. The Morgan fingerprint density at radius 3 is 3.05 bits per heavy atom. The van der Waals surface area contributed by atoms with Crippen molar-refractivity contribution in [3.63, 3.8) is 0 Å². The lowest BCUT2D eigenvalue weighted by Gasteiger charge is -2.13. The Kier molecular flexibility index (Phi) is 2.74. The zero-order valence-corrected chi connectivity index (χ0v) is 10.7. The number of nitrogens with zero attached hydrogens (tertiary/aromatic N) is 1. The molecule has 0 bridgehead atoms. The molecular weight excluding hydrogens is 240 g/mol. The van der Waals surface area contributed by atoms with Gasteiger partial charge in [-0.1, -0.05) is 6.07 Å². The van der Waals surface area contributed by atoms with E-state index >= 15 is 0 Å². The fourth-order valence-corrected chi connectivity index (χ4v) is 2.55. The predicted molar refractivity (Wildman–Crippen MR) is 72.7 cm³/mol. The van der Waals surface area contributed by atoms with Gasteiger partial charge in [0.15, 0.2) is 0 Å². The average Bonchev–Trinajstić information content (AvgIpc) is 2.96. The number of nitrogens with two attached hydrogens (primary N) is 1. The van der Waals surface area contributed by atoms with Crippen molar-refractivity contribution >= 4 is 11.6 Å². The molecule has 98 valence electrons. The lowest BCUT2D eigenvalue weighted by Crippen LogP contribution is -2.27. The zero-order chi connectivity index (χ0) is 13.4. The Hall–Kier alpha value is -2.30. The van der Waals surface area contributed by atoms with E-state index in [0.717, 1.165) is 29.8 Å². The molecule has 19 heavy (non-hydrogen) atoms. The maximum absolute atomic E-state index is 12.1. The summed E-state index contributed by atoms with van der Waals surface area (Å²) in [4.78, 5) is 12.1. The number of carbonyl (C=O) groups excluding carboxylic acids is 1. The summed E-state index contributed by atoms with van der Waals surface area (Å²) in [6.45, 7) is 1.87.